The van der Waals surface area contributed by atoms with Crippen molar-refractivity contribution in [3.8, 4) is 11.4 Å². The number of nitrogen functional groups attached to an aromatic ring is 1. The molecule has 0 radical (unpaired) electrons. The summed E-state index contributed by atoms with van der Waals surface area (Å²) in [5.41, 5.74) is 8.12. The van der Waals surface area contributed by atoms with Crippen molar-refractivity contribution >= 4 is 28.9 Å². The van der Waals surface area contributed by atoms with Crippen molar-refractivity contribution in [3.63, 3.8) is 0 Å². The van der Waals surface area contributed by atoms with Crippen LogP contribution in [0, 0.1) is 5.92 Å². The summed E-state index contributed by atoms with van der Waals surface area (Å²) >= 11 is 0. The standard InChI is InChI=1S/C23H34N10O/c1-14(2)12-33-21-18(28-23(33)32-13-15(3)25-9-16(32)4)20(31-5-7-34-8-6-31)29-19(30-21)17-10-26-22(24)27-11-17/h10-11,14-16,25H,5-9,12-13H2,1-4H3,(H2,24,26,27)/t15-,16+/m0/s1. The number of anilines is 3. The maximum absolute atomic E-state index is 5.72. The van der Waals surface area contributed by atoms with Crippen LogP contribution in [0.3, 0.4) is 0 Å². The lowest BCUT2D eigenvalue weighted by atomic mass is 10.1. The zero-order valence-electron chi connectivity index (χ0n) is 20.4. The first kappa shape index (κ1) is 22.7. The Hall–Kier alpha value is -3.05. The second-order valence-corrected chi connectivity index (χ2v) is 9.70. The van der Waals surface area contributed by atoms with Gasteiger partial charge in [0.15, 0.2) is 22.8 Å². The van der Waals surface area contributed by atoms with Crippen LogP contribution in [-0.4, -0.2) is 81.0 Å². The van der Waals surface area contributed by atoms with Gasteiger partial charge >= 0.3 is 0 Å². The Labute approximate surface area is 199 Å². The molecule has 0 saturated carbocycles. The molecule has 34 heavy (non-hydrogen) atoms. The van der Waals surface area contributed by atoms with Crippen LogP contribution in [0.2, 0.25) is 0 Å². The van der Waals surface area contributed by atoms with Crippen molar-refractivity contribution in [1.82, 2.24) is 34.8 Å². The van der Waals surface area contributed by atoms with Gasteiger partial charge in [-0.05, 0) is 19.8 Å². The largest absolute Gasteiger partial charge is 0.378 e. The summed E-state index contributed by atoms with van der Waals surface area (Å²) < 4.78 is 7.87. The van der Waals surface area contributed by atoms with E-state index in [1.807, 2.05) is 0 Å². The van der Waals surface area contributed by atoms with E-state index >= 15 is 0 Å². The fourth-order valence-electron chi connectivity index (χ4n) is 4.61. The Balaban J connectivity index is 1.72. The molecule has 0 unspecified atom stereocenters. The minimum atomic E-state index is 0.229. The monoisotopic (exact) mass is 466 g/mol. The summed E-state index contributed by atoms with van der Waals surface area (Å²) in [5.74, 6) is 3.02. The molecular weight excluding hydrogens is 432 g/mol. The number of aromatic nitrogens is 6. The van der Waals surface area contributed by atoms with E-state index in [9.17, 15) is 0 Å². The van der Waals surface area contributed by atoms with E-state index in [1.165, 1.54) is 0 Å². The lowest BCUT2D eigenvalue weighted by Gasteiger charge is -2.38. The number of hydrogen-bond acceptors (Lipinski definition) is 10. The molecule has 5 rings (SSSR count). The molecule has 3 aromatic rings. The molecule has 3 N–H and O–H groups in total. The summed E-state index contributed by atoms with van der Waals surface area (Å²) in [6.07, 6.45) is 3.35. The number of imidazole rings is 1. The number of hydrogen-bond donors (Lipinski definition) is 2. The number of rotatable bonds is 5. The van der Waals surface area contributed by atoms with Crippen molar-refractivity contribution in [2.75, 3.05) is 54.9 Å². The number of nitrogens with zero attached hydrogens (tertiary/aromatic N) is 8. The van der Waals surface area contributed by atoms with Crippen molar-refractivity contribution in [3.05, 3.63) is 12.4 Å². The zero-order valence-corrected chi connectivity index (χ0v) is 20.4. The van der Waals surface area contributed by atoms with Gasteiger partial charge in [-0.15, -0.1) is 0 Å². The van der Waals surface area contributed by atoms with Gasteiger partial charge in [-0.2, -0.15) is 0 Å². The first-order valence-corrected chi connectivity index (χ1v) is 12.1. The molecule has 0 aromatic carbocycles. The third-order valence-electron chi connectivity index (χ3n) is 6.37. The third kappa shape index (κ3) is 4.37. The quantitative estimate of drug-likeness (QED) is 0.572. The van der Waals surface area contributed by atoms with Crippen LogP contribution >= 0.6 is 0 Å². The van der Waals surface area contributed by atoms with Gasteiger partial charge in [0.1, 0.15) is 0 Å². The summed E-state index contributed by atoms with van der Waals surface area (Å²) in [5, 5.41) is 3.57. The molecule has 2 atom stereocenters. The van der Waals surface area contributed by atoms with E-state index in [1.54, 1.807) is 12.4 Å². The average Bonchev–Trinajstić information content (AvgIpc) is 3.18. The highest BCUT2D eigenvalue weighted by molar-refractivity contribution is 5.88. The van der Waals surface area contributed by atoms with Crippen LogP contribution in [0.1, 0.15) is 27.7 Å². The molecule has 11 nitrogen and oxygen atoms in total. The van der Waals surface area contributed by atoms with Crippen LogP contribution in [-0.2, 0) is 11.3 Å². The summed E-state index contributed by atoms with van der Waals surface area (Å²) in [6, 6.07) is 0.708. The predicted octanol–water partition coefficient (Wildman–Crippen LogP) is 1.54. The molecule has 11 heteroatoms. The first-order valence-electron chi connectivity index (χ1n) is 12.1. The Bertz CT molecular complexity index is 1140. The number of piperazine rings is 1. The first-order chi connectivity index (χ1) is 16.4. The number of nitrogens with one attached hydrogen (secondary N) is 1. The van der Waals surface area contributed by atoms with E-state index in [4.69, 9.17) is 25.4 Å². The Kier molecular flexibility index (Phi) is 6.22. The van der Waals surface area contributed by atoms with Gasteiger partial charge in [0, 0.05) is 57.2 Å². The van der Waals surface area contributed by atoms with Crippen molar-refractivity contribution in [2.24, 2.45) is 5.92 Å². The Morgan fingerprint density at radius 2 is 1.85 bits per heavy atom. The van der Waals surface area contributed by atoms with E-state index < -0.39 is 0 Å². The predicted molar refractivity (Wildman–Crippen MR) is 133 cm³/mol. The number of morpholine rings is 1. The molecule has 0 bridgehead atoms. The van der Waals surface area contributed by atoms with E-state index in [0.717, 1.165) is 61.2 Å². The minimum Gasteiger partial charge on any atom is -0.378 e. The summed E-state index contributed by atoms with van der Waals surface area (Å²) in [7, 11) is 0. The molecule has 182 valence electrons. The van der Waals surface area contributed by atoms with E-state index in [0.29, 0.717) is 37.0 Å². The lowest BCUT2D eigenvalue weighted by molar-refractivity contribution is 0.122. The summed E-state index contributed by atoms with van der Waals surface area (Å²) in [6.45, 7) is 14.4. The van der Waals surface area contributed by atoms with Gasteiger partial charge in [0.2, 0.25) is 11.9 Å². The molecule has 0 aliphatic carbocycles. The highest BCUT2D eigenvalue weighted by Crippen LogP contribution is 2.33. The van der Waals surface area contributed by atoms with Crippen LogP contribution in [0.25, 0.3) is 22.6 Å². The zero-order chi connectivity index (χ0) is 23.8. The van der Waals surface area contributed by atoms with Crippen LogP contribution in [0.4, 0.5) is 17.7 Å². The average molecular weight is 467 g/mol. The molecule has 2 aliphatic rings. The Morgan fingerprint density at radius 1 is 1.12 bits per heavy atom. The maximum atomic E-state index is 5.72. The fraction of sp³-hybridized carbons (Fsp3) is 0.609. The second-order valence-electron chi connectivity index (χ2n) is 9.70. The smallest absolute Gasteiger partial charge is 0.219 e. The molecule has 5 heterocycles. The van der Waals surface area contributed by atoms with Crippen LogP contribution in [0.15, 0.2) is 12.4 Å². The van der Waals surface area contributed by atoms with Crippen molar-refractivity contribution in [1.29, 1.82) is 0 Å². The van der Waals surface area contributed by atoms with Gasteiger partial charge in [0.05, 0.1) is 18.8 Å². The maximum Gasteiger partial charge on any atom is 0.219 e. The molecule has 2 aliphatic heterocycles. The third-order valence-corrected chi connectivity index (χ3v) is 6.37. The van der Waals surface area contributed by atoms with Gasteiger partial charge in [-0.3, -0.25) is 4.57 Å². The lowest BCUT2D eigenvalue weighted by Crippen LogP contribution is -2.55. The second kappa shape index (κ2) is 9.30. The SMILES string of the molecule is CC(C)Cn1c(N2C[C@H](C)NC[C@H]2C)nc2c(N3CCOCC3)nc(-c3cnc(N)nc3)nc21. The highest BCUT2D eigenvalue weighted by Gasteiger charge is 2.30. The van der Waals surface area contributed by atoms with Gasteiger partial charge in [0.25, 0.3) is 0 Å². The van der Waals surface area contributed by atoms with E-state index in [-0.39, 0.29) is 5.95 Å². The highest BCUT2D eigenvalue weighted by atomic mass is 16.5. The topological polar surface area (TPSA) is 123 Å². The molecule has 3 aromatic heterocycles. The molecular formula is C23H34N10O. The Morgan fingerprint density at radius 3 is 2.56 bits per heavy atom. The molecule has 2 saturated heterocycles. The number of ether oxygens (including phenoxy) is 1. The van der Waals surface area contributed by atoms with Crippen LogP contribution < -0.4 is 20.9 Å². The van der Waals surface area contributed by atoms with Crippen molar-refractivity contribution < 1.29 is 4.74 Å². The van der Waals surface area contributed by atoms with Crippen LogP contribution in [0.5, 0.6) is 0 Å². The van der Waals surface area contributed by atoms with Crippen molar-refractivity contribution in [2.45, 2.75) is 46.3 Å². The molecule has 2 fully saturated rings. The summed E-state index contributed by atoms with van der Waals surface area (Å²) in [4.78, 5) is 28.2. The van der Waals surface area contributed by atoms with E-state index in [2.05, 4.69) is 57.3 Å². The van der Waals surface area contributed by atoms with Gasteiger partial charge in [-0.1, -0.05) is 13.8 Å². The minimum absolute atomic E-state index is 0.229. The number of fused-ring (bicyclic) bond motifs is 1. The molecule has 0 amide bonds. The normalized spacial score (nSPS) is 21.6. The van der Waals surface area contributed by atoms with Gasteiger partial charge < -0.3 is 25.6 Å². The van der Waals surface area contributed by atoms with Gasteiger partial charge in [-0.25, -0.2) is 24.9 Å². The molecule has 0 spiro atoms. The number of nitrogens with two attached hydrogens (primary N) is 1. The fourth-order valence-corrected chi connectivity index (χ4v) is 4.61.